The molecule has 7 nitrogen and oxygen atoms in total. The first-order valence-electron chi connectivity index (χ1n) is 8.60. The number of nitrogens with one attached hydrogen (secondary N) is 2. The number of amides is 1. The number of benzene rings is 2. The van der Waals surface area contributed by atoms with Crippen molar-refractivity contribution in [1.29, 1.82) is 15.9 Å². The van der Waals surface area contributed by atoms with Gasteiger partial charge in [-0.15, -0.1) is 0 Å². The quantitative estimate of drug-likeness (QED) is 0.462. The van der Waals surface area contributed by atoms with E-state index >= 15 is 0 Å². The first-order chi connectivity index (χ1) is 13.9. The summed E-state index contributed by atoms with van der Waals surface area (Å²) < 4.78 is 0. The van der Waals surface area contributed by atoms with Crippen molar-refractivity contribution in [2.24, 2.45) is 0 Å². The summed E-state index contributed by atoms with van der Waals surface area (Å²) in [5, 5.41) is 29.2. The predicted octanol–water partition coefficient (Wildman–Crippen LogP) is 3.88. The number of aromatic nitrogens is 1. The van der Waals surface area contributed by atoms with E-state index < -0.39 is 5.91 Å². The zero-order chi connectivity index (χ0) is 21.0. The van der Waals surface area contributed by atoms with Crippen molar-refractivity contribution in [1.82, 2.24) is 4.98 Å². The maximum absolute atomic E-state index is 12.6. The van der Waals surface area contributed by atoms with Crippen LogP contribution in [0.4, 0.5) is 11.4 Å². The molecule has 0 bridgehead atoms. The van der Waals surface area contributed by atoms with E-state index in [9.17, 15) is 4.79 Å². The molecule has 0 unspecified atom stereocenters. The number of nitrogens with zero attached hydrogens (tertiary/aromatic N) is 3. The fourth-order valence-corrected chi connectivity index (χ4v) is 2.81. The smallest absolute Gasteiger partial charge is 0.274 e. The number of nitrogens with two attached hydrogens (primary N) is 1. The lowest BCUT2D eigenvalue weighted by atomic mass is 9.99. The number of rotatable bonds is 4. The van der Waals surface area contributed by atoms with Gasteiger partial charge in [-0.05, 0) is 48.9 Å². The van der Waals surface area contributed by atoms with E-state index in [2.05, 4.69) is 10.3 Å². The van der Waals surface area contributed by atoms with E-state index in [0.717, 1.165) is 0 Å². The van der Waals surface area contributed by atoms with Gasteiger partial charge in [0, 0.05) is 31.6 Å². The molecule has 1 heterocycles. The van der Waals surface area contributed by atoms with Crippen molar-refractivity contribution in [2.45, 2.75) is 6.92 Å². The number of nitrogen functional groups attached to an aromatic ring is 1. The van der Waals surface area contributed by atoms with Gasteiger partial charge in [0.2, 0.25) is 0 Å². The fourth-order valence-electron chi connectivity index (χ4n) is 2.81. The van der Waals surface area contributed by atoms with Gasteiger partial charge in [0.15, 0.2) is 0 Å². The van der Waals surface area contributed by atoms with E-state index in [-0.39, 0.29) is 14.3 Å². The minimum atomic E-state index is -0.430. The van der Waals surface area contributed by atoms with Gasteiger partial charge in [-0.3, -0.25) is 10.2 Å². The molecule has 0 radical (unpaired) electrons. The Bertz CT molecular complexity index is 1230. The number of hydrogen-bond acceptors (Lipinski definition) is 6. The van der Waals surface area contributed by atoms with Crippen LogP contribution >= 0.6 is 0 Å². The molecular formula is C22H20N6O. The van der Waals surface area contributed by atoms with Crippen molar-refractivity contribution < 1.29 is 7.65 Å². The Hall–Kier alpha value is -4.49. The first-order valence-corrected chi connectivity index (χ1v) is 8.60. The molecule has 3 aromatic rings. The second-order valence-electron chi connectivity index (χ2n) is 6.33. The molecule has 2 aromatic carbocycles. The van der Waals surface area contributed by atoms with Gasteiger partial charge in [0.25, 0.3) is 5.91 Å². The number of anilines is 2. The maximum atomic E-state index is 12.6. The molecule has 1 aromatic heterocycles. The van der Waals surface area contributed by atoms with Gasteiger partial charge in [-0.2, -0.15) is 10.5 Å². The van der Waals surface area contributed by atoms with Gasteiger partial charge in [0.1, 0.15) is 11.8 Å². The summed E-state index contributed by atoms with van der Waals surface area (Å²) in [6.07, 6.45) is 1.34. The molecule has 3 rings (SSSR count). The second-order valence-corrected chi connectivity index (χ2v) is 6.33. The van der Waals surface area contributed by atoms with Gasteiger partial charge >= 0.3 is 0 Å². The highest BCUT2D eigenvalue weighted by atomic mass is 16.1. The van der Waals surface area contributed by atoms with Crippen molar-refractivity contribution in [3.8, 4) is 12.1 Å². The van der Waals surface area contributed by atoms with Crippen molar-refractivity contribution in [3.63, 3.8) is 0 Å². The average Bonchev–Trinajstić information content (AvgIpc) is 2.74. The van der Waals surface area contributed by atoms with Crippen LogP contribution in [0.25, 0.3) is 0 Å². The molecule has 0 aliphatic rings. The normalized spacial score (nSPS) is 9.90. The number of carbonyl (C=O) groups is 1. The van der Waals surface area contributed by atoms with Crippen LogP contribution in [0.15, 0.2) is 54.7 Å². The highest BCUT2D eigenvalue weighted by Crippen LogP contribution is 2.22. The summed E-state index contributed by atoms with van der Waals surface area (Å²) in [6, 6.07) is 17.1. The van der Waals surface area contributed by atoms with E-state index in [1.54, 1.807) is 55.5 Å². The summed E-state index contributed by atoms with van der Waals surface area (Å²) in [6.45, 7) is 1.70. The summed E-state index contributed by atoms with van der Waals surface area (Å²) in [5.41, 5.74) is 9.59. The van der Waals surface area contributed by atoms with Gasteiger partial charge in [0.05, 0.1) is 22.9 Å². The molecule has 4 N–H and O–H groups in total. The van der Waals surface area contributed by atoms with Crippen LogP contribution in [0.2, 0.25) is 0 Å². The van der Waals surface area contributed by atoms with E-state index in [1.807, 2.05) is 12.1 Å². The third kappa shape index (κ3) is 4.10. The highest BCUT2D eigenvalue weighted by molar-refractivity contribution is 6.15. The van der Waals surface area contributed by atoms with Crippen LogP contribution in [-0.2, 0) is 0 Å². The van der Waals surface area contributed by atoms with Crippen LogP contribution in [0.5, 0.6) is 0 Å². The number of aryl methyl sites for hydroxylation is 1. The molecule has 144 valence electrons. The molecule has 0 saturated carbocycles. The molecular weight excluding hydrogens is 364 g/mol. The highest BCUT2D eigenvalue weighted by Gasteiger charge is 2.14. The third-order valence-electron chi connectivity index (χ3n) is 4.28. The molecule has 7 heteroatoms. The van der Waals surface area contributed by atoms with Crippen molar-refractivity contribution in [3.05, 3.63) is 88.2 Å². The maximum Gasteiger partial charge on any atom is 0.274 e. The first kappa shape index (κ1) is 19.3. The molecule has 0 aliphatic heterocycles. The Morgan fingerprint density at radius 1 is 1.14 bits per heavy atom. The van der Waals surface area contributed by atoms with Crippen LogP contribution in [0, 0.1) is 35.0 Å². The van der Waals surface area contributed by atoms with Gasteiger partial charge in [-0.25, -0.2) is 4.98 Å². The average molecular weight is 384 g/mol. The lowest BCUT2D eigenvalue weighted by Gasteiger charge is -2.12. The number of nitriles is 2. The topological polar surface area (TPSA) is 139 Å². The Morgan fingerprint density at radius 2 is 1.90 bits per heavy atom. The summed E-state index contributed by atoms with van der Waals surface area (Å²) in [4.78, 5) is 16.6. The molecule has 0 spiro atoms. The van der Waals surface area contributed by atoms with E-state index in [1.165, 1.54) is 6.20 Å². The van der Waals surface area contributed by atoms with E-state index in [0.29, 0.717) is 39.2 Å². The molecule has 0 aliphatic carbocycles. The van der Waals surface area contributed by atoms with Gasteiger partial charge < -0.3 is 11.1 Å². The zero-order valence-corrected chi connectivity index (χ0v) is 15.5. The number of pyridine rings is 1. The summed E-state index contributed by atoms with van der Waals surface area (Å²) >= 11 is 0. The van der Waals surface area contributed by atoms with Crippen LogP contribution in [0.3, 0.4) is 0 Å². The SMILES string of the molecule is Cc1cc(C#N)cnc1C(=O)Nc1ccc(N)c(C(=N)c2cccc(C#N)c2)c1.[HH].[HH]. The third-order valence-corrected chi connectivity index (χ3v) is 4.28. The van der Waals surface area contributed by atoms with Crippen LogP contribution in [0.1, 0.15) is 41.2 Å². The monoisotopic (exact) mass is 384 g/mol. The minimum absolute atomic E-state index is 0. The zero-order valence-electron chi connectivity index (χ0n) is 15.5. The molecule has 0 saturated heterocycles. The molecule has 0 atom stereocenters. The Morgan fingerprint density at radius 3 is 2.59 bits per heavy atom. The lowest BCUT2D eigenvalue weighted by molar-refractivity contribution is 0.102. The van der Waals surface area contributed by atoms with Crippen molar-refractivity contribution in [2.75, 3.05) is 11.1 Å². The second kappa shape index (κ2) is 8.03. The van der Waals surface area contributed by atoms with Crippen molar-refractivity contribution >= 4 is 23.0 Å². The van der Waals surface area contributed by atoms with Crippen LogP contribution < -0.4 is 11.1 Å². The van der Waals surface area contributed by atoms with E-state index in [4.69, 9.17) is 21.7 Å². The standard InChI is InChI=1S/C22H16N6O.2H2/c1-13-7-15(11-24)12-27-21(13)22(29)28-17-5-6-19(25)18(9-17)20(26)16-4-2-3-14(8-16)10-23;;/h2-9,12,26H,25H2,1H3,(H,28,29);2*1H. The Labute approximate surface area is 170 Å². The minimum Gasteiger partial charge on any atom is -0.398 e. The number of carbonyl (C=O) groups excluding carboxylic acids is 1. The van der Waals surface area contributed by atoms with Crippen LogP contribution in [-0.4, -0.2) is 16.6 Å². The Kier molecular flexibility index (Phi) is 5.34. The predicted molar refractivity (Wildman–Crippen MR) is 114 cm³/mol. The van der Waals surface area contributed by atoms with Gasteiger partial charge in [-0.1, -0.05) is 12.1 Å². The Balaban J connectivity index is 0.00000240. The summed E-state index contributed by atoms with van der Waals surface area (Å²) in [5.74, 6) is -0.430. The molecule has 0 fully saturated rings. The summed E-state index contributed by atoms with van der Waals surface area (Å²) in [7, 11) is 0. The molecule has 1 amide bonds. The fraction of sp³-hybridized carbons (Fsp3) is 0.0455. The molecule has 29 heavy (non-hydrogen) atoms. The largest absolute Gasteiger partial charge is 0.398 e. The lowest BCUT2D eigenvalue weighted by Crippen LogP contribution is -2.16. The number of hydrogen-bond donors (Lipinski definition) is 3.